The first kappa shape index (κ1) is 23.7. The van der Waals surface area contributed by atoms with E-state index < -0.39 is 0 Å². The monoisotopic (exact) mass is 479 g/mol. The predicted molar refractivity (Wildman–Crippen MR) is 135 cm³/mol. The Hall–Kier alpha value is -3.46. The maximum atomic E-state index is 13.0. The van der Waals surface area contributed by atoms with Crippen LogP contribution >= 0.6 is 11.8 Å². The van der Waals surface area contributed by atoms with Crippen molar-refractivity contribution >= 4 is 35.0 Å². The zero-order valence-electron chi connectivity index (χ0n) is 19.4. The Labute approximate surface area is 203 Å². The highest BCUT2D eigenvalue weighted by Crippen LogP contribution is 2.29. The molecule has 1 N–H and O–H groups in total. The molecule has 0 atom stereocenters. The smallest absolute Gasteiger partial charge is 0.253 e. The van der Waals surface area contributed by atoms with Gasteiger partial charge in [0.15, 0.2) is 5.16 Å². The van der Waals surface area contributed by atoms with Gasteiger partial charge < -0.3 is 24.4 Å². The van der Waals surface area contributed by atoms with Crippen LogP contribution in [0.25, 0.3) is 0 Å². The van der Waals surface area contributed by atoms with E-state index in [2.05, 4.69) is 21.3 Å². The fraction of sp³-hybridized carbons (Fsp3) is 0.320. The number of hydrogen-bond donors (Lipinski definition) is 1. The molecule has 2 heterocycles. The first-order valence-corrected chi connectivity index (χ1v) is 12.3. The van der Waals surface area contributed by atoms with E-state index in [1.54, 1.807) is 30.5 Å². The van der Waals surface area contributed by atoms with Crippen LogP contribution in [-0.2, 0) is 11.8 Å². The molecule has 0 aliphatic carbocycles. The number of para-hydroxylation sites is 2. The molecule has 9 heteroatoms. The highest BCUT2D eigenvalue weighted by molar-refractivity contribution is 7.99. The molecule has 3 aromatic rings. The molecule has 1 aromatic heterocycles. The minimum atomic E-state index is -0.115. The lowest BCUT2D eigenvalue weighted by molar-refractivity contribution is -0.113. The number of rotatable bonds is 8. The molecule has 4 rings (SSSR count). The second kappa shape index (κ2) is 11.1. The Morgan fingerprint density at radius 1 is 1.06 bits per heavy atom. The van der Waals surface area contributed by atoms with E-state index in [4.69, 9.17) is 4.74 Å². The molecule has 1 fully saturated rings. The summed E-state index contributed by atoms with van der Waals surface area (Å²) in [5, 5.41) is 3.66. The van der Waals surface area contributed by atoms with E-state index in [1.165, 1.54) is 11.8 Å². The summed E-state index contributed by atoms with van der Waals surface area (Å²) in [6.45, 7) is 5.37. The number of nitrogens with zero attached hydrogens (tertiary/aromatic N) is 4. The Bertz CT molecular complexity index is 1120. The van der Waals surface area contributed by atoms with Crippen LogP contribution in [0.3, 0.4) is 0 Å². The van der Waals surface area contributed by atoms with Crippen LogP contribution in [0.4, 0.5) is 11.4 Å². The predicted octanol–water partition coefficient (Wildman–Crippen LogP) is 3.51. The van der Waals surface area contributed by atoms with Gasteiger partial charge in [-0.3, -0.25) is 9.59 Å². The van der Waals surface area contributed by atoms with Gasteiger partial charge in [0.25, 0.3) is 5.91 Å². The van der Waals surface area contributed by atoms with E-state index in [-0.39, 0.29) is 17.6 Å². The number of aryl methyl sites for hydroxylation is 1. The molecule has 178 valence electrons. The van der Waals surface area contributed by atoms with Gasteiger partial charge in [-0.15, -0.1) is 0 Å². The van der Waals surface area contributed by atoms with Gasteiger partial charge >= 0.3 is 0 Å². The molecule has 0 unspecified atom stereocenters. The number of hydrogen-bond acceptors (Lipinski definition) is 6. The van der Waals surface area contributed by atoms with Crippen molar-refractivity contribution < 1.29 is 14.3 Å². The molecule has 1 saturated heterocycles. The topological polar surface area (TPSA) is 79.7 Å². The van der Waals surface area contributed by atoms with E-state index in [0.29, 0.717) is 30.9 Å². The largest absolute Gasteiger partial charge is 0.492 e. The van der Waals surface area contributed by atoms with Crippen molar-refractivity contribution in [3.05, 3.63) is 66.5 Å². The minimum Gasteiger partial charge on any atom is -0.492 e. The van der Waals surface area contributed by atoms with E-state index in [0.717, 1.165) is 29.7 Å². The first-order chi connectivity index (χ1) is 16.5. The van der Waals surface area contributed by atoms with Crippen molar-refractivity contribution in [3.8, 4) is 5.75 Å². The molecular formula is C25H29N5O3S. The van der Waals surface area contributed by atoms with Crippen molar-refractivity contribution in [2.24, 2.45) is 7.05 Å². The summed E-state index contributed by atoms with van der Waals surface area (Å²) in [6.07, 6.45) is 3.55. The lowest BCUT2D eigenvalue weighted by Crippen LogP contribution is -2.48. The quantitative estimate of drug-likeness (QED) is 0.498. The van der Waals surface area contributed by atoms with Crippen LogP contribution in [0.5, 0.6) is 5.75 Å². The van der Waals surface area contributed by atoms with Crippen molar-refractivity contribution in [2.75, 3.05) is 48.8 Å². The summed E-state index contributed by atoms with van der Waals surface area (Å²) < 4.78 is 7.62. The van der Waals surface area contributed by atoms with Gasteiger partial charge in [-0.1, -0.05) is 23.9 Å². The third-order valence-corrected chi connectivity index (χ3v) is 6.66. The number of amides is 2. The number of aromatic nitrogens is 2. The Morgan fingerprint density at radius 3 is 2.47 bits per heavy atom. The van der Waals surface area contributed by atoms with Gasteiger partial charge in [0.05, 0.1) is 18.0 Å². The summed E-state index contributed by atoms with van der Waals surface area (Å²) in [4.78, 5) is 33.6. The molecule has 0 radical (unpaired) electrons. The number of carbonyl (C=O) groups excluding carboxylic acids is 2. The summed E-state index contributed by atoms with van der Waals surface area (Å²) in [5.41, 5.74) is 2.35. The van der Waals surface area contributed by atoms with Crippen LogP contribution in [0, 0.1) is 0 Å². The summed E-state index contributed by atoms with van der Waals surface area (Å²) >= 11 is 1.38. The Morgan fingerprint density at radius 2 is 1.79 bits per heavy atom. The third-order valence-electron chi connectivity index (χ3n) is 5.60. The maximum absolute atomic E-state index is 13.0. The summed E-state index contributed by atoms with van der Waals surface area (Å²) in [6, 6.07) is 15.1. The SMILES string of the molecule is CCOc1ccccc1N1CCN(C(=O)c2ccc(NC(=O)CSc3nccn3C)cc2)CC1. The highest BCUT2D eigenvalue weighted by atomic mass is 32.2. The standard InChI is InChI=1S/C25H29N5O3S/c1-3-33-22-7-5-4-6-21(22)29-14-16-30(17-15-29)24(32)19-8-10-20(11-9-19)27-23(31)18-34-25-26-12-13-28(25)2/h4-13H,3,14-18H2,1-2H3,(H,27,31). The van der Waals surface area contributed by atoms with Gasteiger partial charge in [-0.25, -0.2) is 4.98 Å². The van der Waals surface area contributed by atoms with Crippen molar-refractivity contribution in [3.63, 3.8) is 0 Å². The van der Waals surface area contributed by atoms with Crippen LogP contribution in [0.15, 0.2) is 66.1 Å². The first-order valence-electron chi connectivity index (χ1n) is 11.3. The highest BCUT2D eigenvalue weighted by Gasteiger charge is 2.23. The van der Waals surface area contributed by atoms with Gasteiger partial charge in [0, 0.05) is 56.9 Å². The fourth-order valence-corrected chi connectivity index (χ4v) is 4.58. The fourth-order valence-electron chi connectivity index (χ4n) is 3.84. The van der Waals surface area contributed by atoms with Gasteiger partial charge in [-0.05, 0) is 43.3 Å². The van der Waals surface area contributed by atoms with Crippen LogP contribution in [0.1, 0.15) is 17.3 Å². The summed E-state index contributed by atoms with van der Waals surface area (Å²) in [7, 11) is 1.89. The second-order valence-electron chi connectivity index (χ2n) is 7.91. The molecule has 2 aromatic carbocycles. The molecule has 0 saturated carbocycles. The Balaban J connectivity index is 1.28. The van der Waals surface area contributed by atoms with Crippen molar-refractivity contribution in [1.29, 1.82) is 0 Å². The van der Waals surface area contributed by atoms with E-state index in [1.807, 2.05) is 47.8 Å². The molecule has 2 amide bonds. The van der Waals surface area contributed by atoms with Gasteiger partial charge in [-0.2, -0.15) is 0 Å². The van der Waals surface area contributed by atoms with Crippen LogP contribution in [-0.4, -0.2) is 64.8 Å². The van der Waals surface area contributed by atoms with Crippen LogP contribution < -0.4 is 15.0 Å². The zero-order chi connectivity index (χ0) is 23.9. The molecule has 1 aliphatic heterocycles. The molecule has 34 heavy (non-hydrogen) atoms. The number of anilines is 2. The number of ether oxygens (including phenoxy) is 1. The van der Waals surface area contributed by atoms with E-state index in [9.17, 15) is 9.59 Å². The molecule has 0 spiro atoms. The number of benzene rings is 2. The Kier molecular flexibility index (Phi) is 7.74. The summed E-state index contributed by atoms with van der Waals surface area (Å²) in [5.74, 6) is 1.03. The average Bonchev–Trinajstić information content (AvgIpc) is 3.28. The van der Waals surface area contributed by atoms with Crippen molar-refractivity contribution in [1.82, 2.24) is 14.5 Å². The minimum absolute atomic E-state index is 0.000887. The third kappa shape index (κ3) is 5.72. The lowest BCUT2D eigenvalue weighted by atomic mass is 10.1. The van der Waals surface area contributed by atoms with Gasteiger partial charge in [0.1, 0.15) is 5.75 Å². The van der Waals surface area contributed by atoms with Crippen LogP contribution in [0.2, 0.25) is 0 Å². The molecule has 8 nitrogen and oxygen atoms in total. The number of piperazine rings is 1. The van der Waals surface area contributed by atoms with E-state index >= 15 is 0 Å². The lowest BCUT2D eigenvalue weighted by Gasteiger charge is -2.36. The number of carbonyl (C=O) groups is 2. The molecular weight excluding hydrogens is 450 g/mol. The number of thioether (sulfide) groups is 1. The zero-order valence-corrected chi connectivity index (χ0v) is 20.3. The maximum Gasteiger partial charge on any atom is 0.253 e. The van der Waals surface area contributed by atoms with Crippen molar-refractivity contribution in [2.45, 2.75) is 12.1 Å². The van der Waals surface area contributed by atoms with Gasteiger partial charge in [0.2, 0.25) is 5.91 Å². The number of imidazole rings is 1. The normalized spacial score (nSPS) is 13.6. The molecule has 1 aliphatic rings. The second-order valence-corrected chi connectivity index (χ2v) is 8.86. The molecule has 0 bridgehead atoms. The number of nitrogens with one attached hydrogen (secondary N) is 1. The average molecular weight is 480 g/mol.